The summed E-state index contributed by atoms with van der Waals surface area (Å²) in [4.78, 5) is 35.1. The molecule has 0 saturated heterocycles. The zero-order valence-electron chi connectivity index (χ0n) is 20.0. The van der Waals surface area contributed by atoms with Crippen molar-refractivity contribution in [2.75, 3.05) is 13.1 Å². The molecule has 34 heavy (non-hydrogen) atoms. The van der Waals surface area contributed by atoms with E-state index in [1.54, 1.807) is 12.3 Å². The fourth-order valence-corrected chi connectivity index (χ4v) is 5.30. The number of allylic oxidation sites excluding steroid dienone is 1. The van der Waals surface area contributed by atoms with E-state index in [4.69, 9.17) is 9.41 Å². The van der Waals surface area contributed by atoms with Crippen LogP contribution >= 0.6 is 11.8 Å². The lowest BCUT2D eigenvalue weighted by molar-refractivity contribution is -0.127. The maximum atomic E-state index is 13.7. The molecule has 1 N–H and O–H groups in total. The second-order valence-corrected chi connectivity index (χ2v) is 9.10. The summed E-state index contributed by atoms with van der Waals surface area (Å²) in [7, 11) is 0. The molecule has 7 nitrogen and oxygen atoms in total. The van der Waals surface area contributed by atoms with Gasteiger partial charge in [-0.25, -0.2) is 4.99 Å². The quantitative estimate of drug-likeness (QED) is 0.593. The number of nitrogens with one attached hydrogen (secondary N) is 1. The topological polar surface area (TPSA) is 78.1 Å². The highest BCUT2D eigenvalue weighted by molar-refractivity contribution is 8.16. The van der Waals surface area contributed by atoms with Crippen LogP contribution in [-0.4, -0.2) is 39.9 Å². The molecule has 1 atom stereocenters. The zero-order chi connectivity index (χ0) is 24.2. The summed E-state index contributed by atoms with van der Waals surface area (Å²) in [6.45, 7) is 9.50. The third-order valence-corrected chi connectivity index (χ3v) is 7.04. The molecule has 3 heterocycles. The average Bonchev–Trinajstić information content (AvgIpc) is 3.48. The van der Waals surface area contributed by atoms with Gasteiger partial charge >= 0.3 is 0 Å². The number of likely N-dealkylation sites (N-methyl/N-ethyl adjacent to an activating group) is 1. The highest BCUT2D eigenvalue weighted by Crippen LogP contribution is 2.45. The number of amides is 2. The van der Waals surface area contributed by atoms with Crippen molar-refractivity contribution in [2.45, 2.75) is 46.7 Å². The predicted octanol–water partition coefficient (Wildman–Crippen LogP) is 4.74. The molecule has 0 saturated carbocycles. The lowest BCUT2D eigenvalue weighted by Crippen LogP contribution is -2.42. The molecule has 0 spiro atoms. The van der Waals surface area contributed by atoms with E-state index in [9.17, 15) is 9.59 Å². The molecule has 178 valence electrons. The van der Waals surface area contributed by atoms with Gasteiger partial charge in [-0.05, 0) is 56.4 Å². The summed E-state index contributed by atoms with van der Waals surface area (Å²) < 4.78 is 5.31. The van der Waals surface area contributed by atoms with Crippen LogP contribution in [0.25, 0.3) is 0 Å². The fourth-order valence-electron chi connectivity index (χ4n) is 4.34. The van der Waals surface area contributed by atoms with Gasteiger partial charge in [0.2, 0.25) is 5.91 Å². The third kappa shape index (κ3) is 4.68. The third-order valence-electron chi connectivity index (χ3n) is 6.15. The molecule has 2 aliphatic rings. The summed E-state index contributed by atoms with van der Waals surface area (Å²) in [5, 5.41) is 5.67. The van der Waals surface area contributed by atoms with Crippen molar-refractivity contribution >= 4 is 28.7 Å². The Balaban J connectivity index is 1.67. The van der Waals surface area contributed by atoms with Gasteiger partial charge in [-0.1, -0.05) is 36.0 Å². The fraction of sp³-hybridized carbons (Fsp3) is 0.346. The first-order chi connectivity index (χ1) is 16.4. The van der Waals surface area contributed by atoms with Gasteiger partial charge < -0.3 is 19.5 Å². The first-order valence-corrected chi connectivity index (χ1v) is 12.4. The Morgan fingerprint density at radius 2 is 1.91 bits per heavy atom. The average molecular weight is 479 g/mol. The van der Waals surface area contributed by atoms with Crippen LogP contribution in [0.1, 0.15) is 50.1 Å². The number of benzene rings is 1. The van der Waals surface area contributed by atoms with Gasteiger partial charge in [0, 0.05) is 18.8 Å². The number of carbonyl (C=O) groups excluding carboxylic acids is 2. The van der Waals surface area contributed by atoms with Crippen molar-refractivity contribution in [2.24, 2.45) is 4.99 Å². The van der Waals surface area contributed by atoms with Crippen molar-refractivity contribution in [3.63, 3.8) is 0 Å². The lowest BCUT2D eigenvalue weighted by atomic mass is 9.90. The number of amidine groups is 1. The Morgan fingerprint density at radius 3 is 2.59 bits per heavy atom. The molecule has 0 bridgehead atoms. The molecule has 0 aliphatic carbocycles. The number of aliphatic imine (C=N–C) groups is 1. The summed E-state index contributed by atoms with van der Waals surface area (Å²) in [5.74, 6) is 0.569. The summed E-state index contributed by atoms with van der Waals surface area (Å²) in [5.41, 5.74) is 4.33. The minimum Gasteiger partial charge on any atom is -0.467 e. The normalized spacial score (nSPS) is 17.3. The Morgan fingerprint density at radius 1 is 1.15 bits per heavy atom. The first kappa shape index (κ1) is 23.9. The lowest BCUT2D eigenvalue weighted by Gasteiger charge is -2.38. The second kappa shape index (κ2) is 10.3. The van der Waals surface area contributed by atoms with Gasteiger partial charge in [-0.15, -0.1) is 0 Å². The van der Waals surface area contributed by atoms with Gasteiger partial charge in [0.15, 0.2) is 5.17 Å². The van der Waals surface area contributed by atoms with Crippen LogP contribution in [0.15, 0.2) is 74.4 Å². The number of thioether (sulfide) groups is 1. The maximum absolute atomic E-state index is 13.7. The van der Waals surface area contributed by atoms with E-state index in [-0.39, 0.29) is 24.3 Å². The van der Waals surface area contributed by atoms with Crippen LogP contribution in [0, 0.1) is 6.92 Å². The van der Waals surface area contributed by atoms with Crippen molar-refractivity contribution in [3.8, 4) is 0 Å². The van der Waals surface area contributed by atoms with Crippen LogP contribution in [-0.2, 0) is 16.1 Å². The Bertz CT molecular complexity index is 1160. The highest BCUT2D eigenvalue weighted by Gasteiger charge is 2.41. The number of fused-ring (bicyclic) bond motifs is 1. The van der Waals surface area contributed by atoms with Gasteiger partial charge in [0.1, 0.15) is 5.76 Å². The molecule has 8 heteroatoms. The van der Waals surface area contributed by atoms with E-state index in [1.807, 2.05) is 49.3 Å². The summed E-state index contributed by atoms with van der Waals surface area (Å²) >= 11 is 1.49. The second-order valence-electron chi connectivity index (χ2n) is 8.26. The van der Waals surface area contributed by atoms with Crippen LogP contribution in [0.2, 0.25) is 0 Å². The number of furan rings is 1. The van der Waals surface area contributed by atoms with E-state index < -0.39 is 0 Å². The van der Waals surface area contributed by atoms with Crippen LogP contribution < -0.4 is 5.32 Å². The molecule has 4 rings (SSSR count). The Kier molecular flexibility index (Phi) is 7.26. The number of aryl methyl sites for hydroxylation is 1. The largest absolute Gasteiger partial charge is 0.467 e. The SMILES string of the molecule is CCN(CC)C(=O)C1=C(C)N=C2SC=C(CC(=O)NCc3ccco3)N2C1c1ccccc1C. The number of hydrogen-bond donors (Lipinski definition) is 1. The van der Waals surface area contributed by atoms with E-state index in [0.29, 0.717) is 31.0 Å². The van der Waals surface area contributed by atoms with Gasteiger partial charge in [-0.3, -0.25) is 9.59 Å². The summed E-state index contributed by atoms with van der Waals surface area (Å²) in [6.07, 6.45) is 1.77. The maximum Gasteiger partial charge on any atom is 0.254 e. The molecule has 1 aromatic carbocycles. The summed E-state index contributed by atoms with van der Waals surface area (Å²) in [6, 6.07) is 11.4. The number of carbonyl (C=O) groups is 2. The standard InChI is InChI=1S/C26H30N4O3S/c1-5-29(6-2)25(32)23-18(4)28-26-30(24(23)21-12-8-7-10-17(21)3)19(16-34-26)14-22(31)27-15-20-11-9-13-33-20/h7-13,16,24H,5-6,14-15H2,1-4H3,(H,27,31). The minimum absolute atomic E-state index is 0.0166. The Labute approximate surface area is 204 Å². The Hall–Kier alpha value is -3.26. The molecule has 1 aromatic heterocycles. The van der Waals surface area contributed by atoms with Gasteiger partial charge in [0.05, 0.1) is 36.5 Å². The highest BCUT2D eigenvalue weighted by atomic mass is 32.2. The number of rotatable bonds is 8. The first-order valence-electron chi connectivity index (χ1n) is 11.5. The molecule has 0 fully saturated rings. The number of nitrogens with zero attached hydrogens (tertiary/aromatic N) is 3. The molecule has 1 unspecified atom stereocenters. The van der Waals surface area contributed by atoms with Crippen molar-refractivity contribution in [1.82, 2.24) is 15.1 Å². The molecule has 2 aromatic rings. The monoisotopic (exact) mass is 478 g/mol. The van der Waals surface area contributed by atoms with E-state index in [0.717, 1.165) is 27.7 Å². The predicted molar refractivity (Wildman–Crippen MR) is 135 cm³/mol. The minimum atomic E-state index is -0.346. The van der Waals surface area contributed by atoms with Crippen molar-refractivity contribution < 1.29 is 14.0 Å². The van der Waals surface area contributed by atoms with Gasteiger partial charge in [-0.2, -0.15) is 0 Å². The molecular formula is C26H30N4O3S. The van der Waals surface area contributed by atoms with Crippen LogP contribution in [0.5, 0.6) is 0 Å². The molecule has 2 amide bonds. The van der Waals surface area contributed by atoms with Crippen molar-refractivity contribution in [1.29, 1.82) is 0 Å². The van der Waals surface area contributed by atoms with Gasteiger partial charge in [0.25, 0.3) is 5.91 Å². The number of hydrogen-bond acceptors (Lipinski definition) is 6. The smallest absolute Gasteiger partial charge is 0.254 e. The molecular weight excluding hydrogens is 448 g/mol. The molecule has 2 aliphatic heterocycles. The van der Waals surface area contributed by atoms with E-state index in [2.05, 4.69) is 29.3 Å². The van der Waals surface area contributed by atoms with Crippen LogP contribution in [0.4, 0.5) is 0 Å². The van der Waals surface area contributed by atoms with E-state index >= 15 is 0 Å². The van der Waals surface area contributed by atoms with Crippen molar-refractivity contribution in [3.05, 3.63) is 81.9 Å². The van der Waals surface area contributed by atoms with Crippen LogP contribution in [0.3, 0.4) is 0 Å². The molecule has 0 radical (unpaired) electrons. The van der Waals surface area contributed by atoms with E-state index in [1.165, 1.54) is 11.8 Å². The zero-order valence-corrected chi connectivity index (χ0v) is 20.8.